The molecule has 1 aliphatic carbocycles. The number of hydrogen-bond donors (Lipinski definition) is 1. The number of amides is 2. The predicted octanol–water partition coefficient (Wildman–Crippen LogP) is 5.45. The highest BCUT2D eigenvalue weighted by atomic mass is 32.1. The van der Waals surface area contributed by atoms with Crippen molar-refractivity contribution in [2.45, 2.75) is 51.1 Å². The molecule has 1 unspecified atom stereocenters. The standard InChI is InChI=1S/C28H32N2O4S/c1-19-10-12-21(13-11-19)30(26(31)18-23-9-6-16-35-23)27(28(32)29-20-7-4-5-8-20)24-15-14-22(33-2)17-25(24)34-3/h6,9-17,20,27H,4-5,7-8,18H2,1-3H3,(H,29,32). The van der Waals surface area contributed by atoms with Crippen molar-refractivity contribution < 1.29 is 19.1 Å². The van der Waals surface area contributed by atoms with Crippen LogP contribution in [-0.2, 0) is 16.0 Å². The summed E-state index contributed by atoms with van der Waals surface area (Å²) in [4.78, 5) is 30.4. The summed E-state index contributed by atoms with van der Waals surface area (Å²) < 4.78 is 11.1. The normalized spacial score (nSPS) is 14.4. The Morgan fingerprint density at radius 2 is 1.80 bits per heavy atom. The van der Waals surface area contributed by atoms with Gasteiger partial charge in [-0.1, -0.05) is 36.6 Å². The van der Waals surface area contributed by atoms with Crippen molar-refractivity contribution in [1.82, 2.24) is 5.32 Å². The number of thiophene rings is 1. The summed E-state index contributed by atoms with van der Waals surface area (Å²) in [6, 6.07) is 16.2. The summed E-state index contributed by atoms with van der Waals surface area (Å²) in [5.74, 6) is 0.755. The van der Waals surface area contributed by atoms with E-state index >= 15 is 0 Å². The Kier molecular flexibility index (Phi) is 8.08. The van der Waals surface area contributed by atoms with Crippen molar-refractivity contribution in [2.75, 3.05) is 19.1 Å². The van der Waals surface area contributed by atoms with E-state index in [0.29, 0.717) is 22.7 Å². The molecule has 1 N–H and O–H groups in total. The minimum Gasteiger partial charge on any atom is -0.497 e. The Morgan fingerprint density at radius 1 is 1.06 bits per heavy atom. The van der Waals surface area contributed by atoms with Crippen LogP contribution in [0.5, 0.6) is 11.5 Å². The summed E-state index contributed by atoms with van der Waals surface area (Å²) in [5.41, 5.74) is 2.36. The molecule has 0 saturated heterocycles. The molecule has 1 aromatic heterocycles. The highest BCUT2D eigenvalue weighted by Crippen LogP contribution is 2.37. The lowest BCUT2D eigenvalue weighted by Gasteiger charge is -2.33. The van der Waals surface area contributed by atoms with E-state index in [1.165, 1.54) is 11.3 Å². The average Bonchev–Trinajstić information content (AvgIpc) is 3.57. The van der Waals surface area contributed by atoms with E-state index in [1.807, 2.05) is 54.8 Å². The third kappa shape index (κ3) is 5.85. The molecule has 2 aromatic carbocycles. The van der Waals surface area contributed by atoms with Crippen LogP contribution in [0.4, 0.5) is 5.69 Å². The van der Waals surface area contributed by atoms with Crippen LogP contribution in [0.2, 0.25) is 0 Å². The second kappa shape index (κ2) is 11.4. The smallest absolute Gasteiger partial charge is 0.248 e. The highest BCUT2D eigenvalue weighted by molar-refractivity contribution is 7.10. The maximum atomic E-state index is 13.9. The molecule has 6 nitrogen and oxygen atoms in total. The van der Waals surface area contributed by atoms with Gasteiger partial charge in [0.25, 0.3) is 0 Å². The molecule has 1 atom stereocenters. The van der Waals surface area contributed by atoms with E-state index in [0.717, 1.165) is 36.1 Å². The van der Waals surface area contributed by atoms with Crippen molar-refractivity contribution in [1.29, 1.82) is 0 Å². The molecule has 0 bridgehead atoms. The number of methoxy groups -OCH3 is 2. The molecule has 1 saturated carbocycles. The number of aryl methyl sites for hydroxylation is 1. The summed E-state index contributed by atoms with van der Waals surface area (Å²) in [6.45, 7) is 2.00. The van der Waals surface area contributed by atoms with Gasteiger partial charge in [-0.2, -0.15) is 0 Å². The molecule has 35 heavy (non-hydrogen) atoms. The SMILES string of the molecule is COc1ccc(C(C(=O)NC2CCCC2)N(C(=O)Cc2cccs2)c2ccc(C)cc2)c(OC)c1. The number of carbonyl (C=O) groups is 2. The first-order chi connectivity index (χ1) is 17.0. The Labute approximate surface area is 210 Å². The fraction of sp³-hybridized carbons (Fsp3) is 0.357. The minimum absolute atomic E-state index is 0.113. The number of ether oxygens (including phenoxy) is 2. The molecule has 1 aliphatic rings. The van der Waals surface area contributed by atoms with Gasteiger partial charge in [0.2, 0.25) is 11.8 Å². The lowest BCUT2D eigenvalue weighted by molar-refractivity contribution is -0.127. The van der Waals surface area contributed by atoms with Gasteiger partial charge in [0.15, 0.2) is 0 Å². The Bertz CT molecular complexity index is 1140. The summed E-state index contributed by atoms with van der Waals surface area (Å²) in [6.07, 6.45) is 4.30. The van der Waals surface area contributed by atoms with Crippen molar-refractivity contribution in [2.24, 2.45) is 0 Å². The van der Waals surface area contributed by atoms with Crippen LogP contribution in [-0.4, -0.2) is 32.1 Å². The molecular formula is C28H32N2O4S. The van der Waals surface area contributed by atoms with Crippen molar-refractivity contribution in [3.8, 4) is 11.5 Å². The zero-order chi connectivity index (χ0) is 24.8. The van der Waals surface area contributed by atoms with Crippen LogP contribution in [0.3, 0.4) is 0 Å². The third-order valence-electron chi connectivity index (χ3n) is 6.43. The first-order valence-electron chi connectivity index (χ1n) is 11.9. The van der Waals surface area contributed by atoms with Crippen LogP contribution in [0.15, 0.2) is 60.0 Å². The number of rotatable bonds is 9. The van der Waals surface area contributed by atoms with Crippen molar-refractivity contribution >= 4 is 28.8 Å². The van der Waals surface area contributed by atoms with Gasteiger partial charge in [0, 0.05) is 28.2 Å². The Balaban J connectivity index is 1.82. The van der Waals surface area contributed by atoms with Gasteiger partial charge in [0.1, 0.15) is 17.5 Å². The Hall–Kier alpha value is -3.32. The van der Waals surface area contributed by atoms with Crippen LogP contribution in [0, 0.1) is 6.92 Å². The molecular weight excluding hydrogens is 460 g/mol. The predicted molar refractivity (Wildman–Crippen MR) is 139 cm³/mol. The second-order valence-electron chi connectivity index (χ2n) is 8.86. The molecule has 2 amide bonds. The highest BCUT2D eigenvalue weighted by Gasteiger charge is 2.36. The maximum Gasteiger partial charge on any atom is 0.248 e. The second-order valence-corrected chi connectivity index (χ2v) is 9.89. The zero-order valence-corrected chi connectivity index (χ0v) is 21.3. The lowest BCUT2D eigenvalue weighted by atomic mass is 10.00. The third-order valence-corrected chi connectivity index (χ3v) is 7.31. The molecule has 1 fully saturated rings. The van der Waals surface area contributed by atoms with Crippen LogP contribution in [0.25, 0.3) is 0 Å². The molecule has 4 rings (SSSR count). The molecule has 1 heterocycles. The zero-order valence-electron chi connectivity index (χ0n) is 20.5. The summed E-state index contributed by atoms with van der Waals surface area (Å²) >= 11 is 1.53. The van der Waals surface area contributed by atoms with Gasteiger partial charge >= 0.3 is 0 Å². The van der Waals surface area contributed by atoms with Gasteiger partial charge in [-0.05, 0) is 55.5 Å². The number of nitrogens with one attached hydrogen (secondary N) is 1. The van der Waals surface area contributed by atoms with E-state index < -0.39 is 6.04 Å². The number of carbonyl (C=O) groups excluding carboxylic acids is 2. The Morgan fingerprint density at radius 3 is 2.43 bits per heavy atom. The largest absolute Gasteiger partial charge is 0.497 e. The van der Waals surface area contributed by atoms with E-state index in [9.17, 15) is 9.59 Å². The number of nitrogens with zero attached hydrogens (tertiary/aromatic N) is 1. The van der Waals surface area contributed by atoms with E-state index in [-0.39, 0.29) is 24.3 Å². The lowest BCUT2D eigenvalue weighted by Crippen LogP contribution is -2.47. The van der Waals surface area contributed by atoms with Crippen molar-refractivity contribution in [3.05, 3.63) is 76.0 Å². The number of anilines is 1. The molecule has 3 aromatic rings. The maximum absolute atomic E-state index is 13.9. The first kappa shape index (κ1) is 24.8. The van der Waals surface area contributed by atoms with E-state index in [4.69, 9.17) is 9.47 Å². The fourth-order valence-corrected chi connectivity index (χ4v) is 5.28. The fourth-order valence-electron chi connectivity index (χ4n) is 4.58. The summed E-state index contributed by atoms with van der Waals surface area (Å²) in [5, 5.41) is 5.17. The van der Waals surface area contributed by atoms with Gasteiger partial charge in [0.05, 0.1) is 20.6 Å². The molecule has 7 heteroatoms. The van der Waals surface area contributed by atoms with Crippen LogP contribution >= 0.6 is 11.3 Å². The number of benzene rings is 2. The average molecular weight is 493 g/mol. The molecule has 184 valence electrons. The minimum atomic E-state index is -0.897. The van der Waals surface area contributed by atoms with Gasteiger partial charge in [-0.25, -0.2) is 0 Å². The van der Waals surface area contributed by atoms with E-state index in [1.54, 1.807) is 31.3 Å². The van der Waals surface area contributed by atoms with Gasteiger partial charge < -0.3 is 14.8 Å². The van der Waals surface area contributed by atoms with Crippen molar-refractivity contribution in [3.63, 3.8) is 0 Å². The first-order valence-corrected chi connectivity index (χ1v) is 12.8. The molecule has 0 spiro atoms. The molecule has 0 aliphatic heterocycles. The topological polar surface area (TPSA) is 67.9 Å². The number of hydrogen-bond acceptors (Lipinski definition) is 5. The quantitative estimate of drug-likeness (QED) is 0.431. The monoisotopic (exact) mass is 492 g/mol. The summed E-state index contributed by atoms with van der Waals surface area (Å²) in [7, 11) is 3.15. The van der Waals surface area contributed by atoms with Gasteiger partial charge in [-0.3, -0.25) is 14.5 Å². The molecule has 0 radical (unpaired) electrons. The van der Waals surface area contributed by atoms with Crippen LogP contribution < -0.4 is 19.7 Å². The van der Waals surface area contributed by atoms with Crippen LogP contribution in [0.1, 0.15) is 47.7 Å². The van der Waals surface area contributed by atoms with E-state index in [2.05, 4.69) is 5.32 Å². The van der Waals surface area contributed by atoms with Gasteiger partial charge in [-0.15, -0.1) is 11.3 Å².